The Morgan fingerprint density at radius 2 is 2.29 bits per heavy atom. The highest BCUT2D eigenvalue weighted by Crippen LogP contribution is 2.34. The average Bonchev–Trinajstić information content (AvgIpc) is 2.79. The van der Waals surface area contributed by atoms with Gasteiger partial charge in [0.15, 0.2) is 0 Å². The first-order chi connectivity index (χ1) is 8.09. The lowest BCUT2D eigenvalue weighted by Gasteiger charge is -2.20. The number of anilines is 1. The zero-order valence-electron chi connectivity index (χ0n) is 9.09. The van der Waals surface area contributed by atoms with E-state index in [-0.39, 0.29) is 18.0 Å². The number of rotatable bonds is 3. The molecule has 0 aromatic heterocycles. The zero-order valence-corrected chi connectivity index (χ0v) is 9.09. The second kappa shape index (κ2) is 4.14. The fraction of sp³-hybridized carbons (Fsp3) is 0.364. The van der Waals surface area contributed by atoms with Crippen LogP contribution >= 0.6 is 0 Å². The van der Waals surface area contributed by atoms with Crippen molar-refractivity contribution in [2.24, 2.45) is 0 Å². The minimum Gasteiger partial charge on any atom is -0.393 e. The van der Waals surface area contributed by atoms with Crippen LogP contribution in [0.4, 0.5) is 11.4 Å². The minimum absolute atomic E-state index is 0.0960. The molecule has 1 aliphatic heterocycles. The summed E-state index contributed by atoms with van der Waals surface area (Å²) in [6.45, 7) is 0.745. The number of ether oxygens (including phenoxy) is 1. The number of hydrogen-bond donors (Lipinski definition) is 1. The molecular formula is C11H12N2O4. The van der Waals surface area contributed by atoms with Crippen molar-refractivity contribution in [3.05, 3.63) is 33.9 Å². The van der Waals surface area contributed by atoms with Gasteiger partial charge in [0, 0.05) is 12.7 Å². The van der Waals surface area contributed by atoms with Gasteiger partial charge in [-0.25, -0.2) is 0 Å². The summed E-state index contributed by atoms with van der Waals surface area (Å²) in [6.07, 6.45) is 1.34. The summed E-state index contributed by atoms with van der Waals surface area (Å²) in [5, 5.41) is 10.8. The number of nitro groups is 1. The number of aldehydes is 1. The standard InChI is InChI=1S/C11H12N2O4/c12-9-2-1-8(5-10(9)13(15)16)11(6-14)3-4-17-7-11/h1-2,5-6H,3-4,7,12H2. The summed E-state index contributed by atoms with van der Waals surface area (Å²) >= 11 is 0. The van der Waals surface area contributed by atoms with Gasteiger partial charge in [-0.15, -0.1) is 0 Å². The number of nitrogens with zero attached hydrogens (tertiary/aromatic N) is 1. The van der Waals surface area contributed by atoms with E-state index in [1.165, 1.54) is 12.1 Å². The smallest absolute Gasteiger partial charge is 0.292 e. The van der Waals surface area contributed by atoms with E-state index < -0.39 is 10.3 Å². The normalized spacial score (nSPS) is 23.5. The van der Waals surface area contributed by atoms with Gasteiger partial charge in [-0.1, -0.05) is 6.07 Å². The summed E-state index contributed by atoms with van der Waals surface area (Å²) in [4.78, 5) is 21.5. The van der Waals surface area contributed by atoms with Gasteiger partial charge in [0.05, 0.1) is 16.9 Å². The summed E-state index contributed by atoms with van der Waals surface area (Å²) in [6, 6.07) is 4.46. The second-order valence-corrected chi connectivity index (χ2v) is 4.11. The molecule has 1 aromatic rings. The van der Waals surface area contributed by atoms with Crippen LogP contribution in [0, 0.1) is 10.1 Å². The third-order valence-corrected chi connectivity index (χ3v) is 3.08. The van der Waals surface area contributed by atoms with Crippen LogP contribution in [0.25, 0.3) is 0 Å². The van der Waals surface area contributed by atoms with Crippen molar-refractivity contribution in [2.45, 2.75) is 11.8 Å². The van der Waals surface area contributed by atoms with Gasteiger partial charge in [-0.05, 0) is 18.1 Å². The van der Waals surface area contributed by atoms with E-state index in [0.29, 0.717) is 18.6 Å². The molecule has 1 atom stereocenters. The van der Waals surface area contributed by atoms with E-state index in [1.54, 1.807) is 6.07 Å². The largest absolute Gasteiger partial charge is 0.393 e. The van der Waals surface area contributed by atoms with Gasteiger partial charge in [0.2, 0.25) is 0 Å². The van der Waals surface area contributed by atoms with E-state index in [9.17, 15) is 14.9 Å². The third-order valence-electron chi connectivity index (χ3n) is 3.08. The van der Waals surface area contributed by atoms with Crippen LogP contribution in [-0.2, 0) is 14.9 Å². The summed E-state index contributed by atoms with van der Waals surface area (Å²) in [5.74, 6) is 0. The summed E-state index contributed by atoms with van der Waals surface area (Å²) in [7, 11) is 0. The van der Waals surface area contributed by atoms with Crippen LogP contribution in [0.2, 0.25) is 0 Å². The topological polar surface area (TPSA) is 95.5 Å². The van der Waals surface area contributed by atoms with Crippen molar-refractivity contribution < 1.29 is 14.5 Å². The van der Waals surface area contributed by atoms with Gasteiger partial charge in [-0.2, -0.15) is 0 Å². The highest BCUT2D eigenvalue weighted by atomic mass is 16.6. The van der Waals surface area contributed by atoms with Crippen molar-refractivity contribution in [3.8, 4) is 0 Å². The van der Waals surface area contributed by atoms with Gasteiger partial charge in [0.25, 0.3) is 5.69 Å². The van der Waals surface area contributed by atoms with Crippen molar-refractivity contribution in [2.75, 3.05) is 18.9 Å². The molecule has 0 aliphatic carbocycles. The maximum Gasteiger partial charge on any atom is 0.292 e. The van der Waals surface area contributed by atoms with Crippen LogP contribution in [0.1, 0.15) is 12.0 Å². The molecule has 90 valence electrons. The minimum atomic E-state index is -0.765. The van der Waals surface area contributed by atoms with Gasteiger partial charge in [-0.3, -0.25) is 10.1 Å². The third kappa shape index (κ3) is 1.87. The molecule has 1 fully saturated rings. The van der Waals surface area contributed by atoms with E-state index in [4.69, 9.17) is 10.5 Å². The van der Waals surface area contributed by atoms with Crippen molar-refractivity contribution in [1.82, 2.24) is 0 Å². The first-order valence-electron chi connectivity index (χ1n) is 5.17. The van der Waals surface area contributed by atoms with Crippen LogP contribution < -0.4 is 5.73 Å². The van der Waals surface area contributed by atoms with Crippen LogP contribution in [-0.4, -0.2) is 24.4 Å². The molecule has 1 aliphatic rings. The molecule has 1 aromatic carbocycles. The summed E-state index contributed by atoms with van der Waals surface area (Å²) in [5.41, 5.74) is 5.26. The lowest BCUT2D eigenvalue weighted by atomic mass is 9.81. The predicted molar refractivity (Wildman–Crippen MR) is 60.7 cm³/mol. The molecule has 2 rings (SSSR count). The first kappa shape index (κ1) is 11.5. The molecule has 2 N–H and O–H groups in total. The van der Waals surface area contributed by atoms with Crippen LogP contribution in [0.3, 0.4) is 0 Å². The lowest BCUT2D eigenvalue weighted by Crippen LogP contribution is -2.28. The Kier molecular flexibility index (Phi) is 2.81. The van der Waals surface area contributed by atoms with Gasteiger partial charge < -0.3 is 15.3 Å². The molecule has 0 bridgehead atoms. The predicted octanol–water partition coefficient (Wildman–Crippen LogP) is 1.03. The molecule has 0 spiro atoms. The quantitative estimate of drug-likeness (QED) is 0.366. The van der Waals surface area contributed by atoms with Crippen LogP contribution in [0.5, 0.6) is 0 Å². The molecule has 1 heterocycles. The van der Waals surface area contributed by atoms with E-state index in [1.807, 2.05) is 0 Å². The molecule has 0 amide bonds. The maximum absolute atomic E-state index is 11.2. The fourth-order valence-corrected chi connectivity index (χ4v) is 1.98. The van der Waals surface area contributed by atoms with Crippen LogP contribution in [0.15, 0.2) is 18.2 Å². The Morgan fingerprint density at radius 3 is 2.82 bits per heavy atom. The number of benzene rings is 1. The first-order valence-corrected chi connectivity index (χ1v) is 5.17. The molecule has 1 saturated heterocycles. The zero-order chi connectivity index (χ0) is 12.5. The Hall–Kier alpha value is -1.95. The number of nitrogens with two attached hydrogens (primary N) is 1. The molecule has 1 unspecified atom stereocenters. The SMILES string of the molecule is Nc1ccc(C2(C=O)CCOC2)cc1[N+](=O)[O-]. The van der Waals surface area contributed by atoms with E-state index in [0.717, 1.165) is 6.29 Å². The van der Waals surface area contributed by atoms with E-state index >= 15 is 0 Å². The Balaban J connectivity index is 2.49. The van der Waals surface area contributed by atoms with Gasteiger partial charge in [0.1, 0.15) is 12.0 Å². The van der Waals surface area contributed by atoms with E-state index in [2.05, 4.69) is 0 Å². The Morgan fingerprint density at radius 1 is 1.53 bits per heavy atom. The molecule has 0 radical (unpaired) electrons. The number of hydrogen-bond acceptors (Lipinski definition) is 5. The molecule has 6 nitrogen and oxygen atoms in total. The monoisotopic (exact) mass is 236 g/mol. The Bertz CT molecular complexity index is 467. The molecule has 0 saturated carbocycles. The maximum atomic E-state index is 11.2. The number of carbonyl (C=O) groups is 1. The highest BCUT2D eigenvalue weighted by molar-refractivity contribution is 5.72. The number of nitro benzene ring substituents is 1. The Labute approximate surface area is 97.5 Å². The second-order valence-electron chi connectivity index (χ2n) is 4.11. The van der Waals surface area contributed by atoms with Crippen molar-refractivity contribution >= 4 is 17.7 Å². The highest BCUT2D eigenvalue weighted by Gasteiger charge is 2.37. The number of carbonyl (C=O) groups excluding carboxylic acids is 1. The van der Waals surface area contributed by atoms with Crippen molar-refractivity contribution in [3.63, 3.8) is 0 Å². The van der Waals surface area contributed by atoms with Gasteiger partial charge >= 0.3 is 0 Å². The van der Waals surface area contributed by atoms with Crippen molar-refractivity contribution in [1.29, 1.82) is 0 Å². The lowest BCUT2D eigenvalue weighted by molar-refractivity contribution is -0.384. The molecule has 6 heteroatoms. The number of nitrogen functional groups attached to an aromatic ring is 1. The molecule has 17 heavy (non-hydrogen) atoms. The fourth-order valence-electron chi connectivity index (χ4n) is 1.98. The molecular weight excluding hydrogens is 224 g/mol. The summed E-state index contributed by atoms with van der Waals surface area (Å²) < 4.78 is 5.20. The average molecular weight is 236 g/mol.